The van der Waals surface area contributed by atoms with Crippen LogP contribution in [0.25, 0.3) is 0 Å². The highest BCUT2D eigenvalue weighted by Gasteiger charge is 2.37. The summed E-state index contributed by atoms with van der Waals surface area (Å²) in [5.41, 5.74) is 4.04. The van der Waals surface area contributed by atoms with E-state index in [4.69, 9.17) is 4.98 Å². The molecule has 1 aromatic carbocycles. The SMILES string of the molecule is CNC1(c2nc(C)cs2)CCc2cc(Br)ccc2C1. The maximum Gasteiger partial charge on any atom is 0.113 e. The van der Waals surface area contributed by atoms with Crippen LogP contribution in [0.5, 0.6) is 0 Å². The molecule has 3 rings (SSSR count). The van der Waals surface area contributed by atoms with Gasteiger partial charge < -0.3 is 5.32 Å². The van der Waals surface area contributed by atoms with Crippen molar-refractivity contribution in [2.24, 2.45) is 0 Å². The van der Waals surface area contributed by atoms with Gasteiger partial charge in [-0.2, -0.15) is 0 Å². The van der Waals surface area contributed by atoms with Crippen molar-refractivity contribution < 1.29 is 0 Å². The zero-order valence-corrected chi connectivity index (χ0v) is 13.6. The van der Waals surface area contributed by atoms with Gasteiger partial charge in [0.05, 0.1) is 5.54 Å². The number of nitrogens with zero attached hydrogens (tertiary/aromatic N) is 1. The first-order chi connectivity index (χ1) is 9.13. The molecule has 1 aromatic heterocycles. The molecule has 0 amide bonds. The van der Waals surface area contributed by atoms with Crippen molar-refractivity contribution in [3.63, 3.8) is 0 Å². The summed E-state index contributed by atoms with van der Waals surface area (Å²) in [6, 6.07) is 6.63. The standard InChI is InChI=1S/C15H17BrN2S/c1-10-9-19-14(18-10)15(17-2)6-5-11-7-13(16)4-3-12(11)8-15/h3-4,7,9,17H,5-6,8H2,1-2H3. The van der Waals surface area contributed by atoms with Gasteiger partial charge in [0, 0.05) is 15.5 Å². The second-order valence-electron chi connectivity index (χ2n) is 5.22. The van der Waals surface area contributed by atoms with E-state index in [-0.39, 0.29) is 5.54 Å². The van der Waals surface area contributed by atoms with Crippen LogP contribution in [0.1, 0.15) is 28.2 Å². The number of thiazole rings is 1. The maximum absolute atomic E-state index is 4.71. The summed E-state index contributed by atoms with van der Waals surface area (Å²) in [6.07, 6.45) is 3.24. The van der Waals surface area contributed by atoms with Crippen LogP contribution in [0.15, 0.2) is 28.1 Å². The van der Waals surface area contributed by atoms with Crippen LogP contribution in [0, 0.1) is 6.92 Å². The van der Waals surface area contributed by atoms with Crippen molar-refractivity contribution in [1.82, 2.24) is 10.3 Å². The molecule has 2 aromatic rings. The molecule has 2 nitrogen and oxygen atoms in total. The normalized spacial score (nSPS) is 22.3. The molecule has 1 N–H and O–H groups in total. The summed E-state index contributed by atoms with van der Waals surface area (Å²) in [6.45, 7) is 2.07. The fourth-order valence-electron chi connectivity index (χ4n) is 2.84. The number of hydrogen-bond acceptors (Lipinski definition) is 3. The lowest BCUT2D eigenvalue weighted by Crippen LogP contribution is -2.44. The average Bonchev–Trinajstić information content (AvgIpc) is 2.85. The van der Waals surface area contributed by atoms with Crippen LogP contribution < -0.4 is 5.32 Å². The molecule has 1 unspecified atom stereocenters. The predicted octanol–water partition coefficient (Wildman–Crippen LogP) is 3.82. The van der Waals surface area contributed by atoms with Crippen LogP contribution in [0.2, 0.25) is 0 Å². The lowest BCUT2D eigenvalue weighted by molar-refractivity contribution is 0.313. The van der Waals surface area contributed by atoms with Crippen molar-refractivity contribution in [1.29, 1.82) is 0 Å². The Morgan fingerprint density at radius 1 is 1.37 bits per heavy atom. The first kappa shape index (κ1) is 13.3. The Kier molecular flexibility index (Phi) is 3.50. The van der Waals surface area contributed by atoms with Crippen LogP contribution >= 0.6 is 27.3 Å². The summed E-state index contributed by atoms with van der Waals surface area (Å²) in [5.74, 6) is 0. The van der Waals surface area contributed by atoms with E-state index in [1.165, 1.54) is 20.6 Å². The van der Waals surface area contributed by atoms with Gasteiger partial charge in [-0.05, 0) is 56.5 Å². The Morgan fingerprint density at radius 3 is 2.89 bits per heavy atom. The van der Waals surface area contributed by atoms with Gasteiger partial charge in [-0.15, -0.1) is 11.3 Å². The van der Waals surface area contributed by atoms with Gasteiger partial charge in [0.15, 0.2) is 0 Å². The van der Waals surface area contributed by atoms with Gasteiger partial charge >= 0.3 is 0 Å². The molecule has 1 heterocycles. The lowest BCUT2D eigenvalue weighted by Gasteiger charge is -2.36. The Hall–Kier alpha value is -0.710. The summed E-state index contributed by atoms with van der Waals surface area (Å²) >= 11 is 5.33. The number of benzene rings is 1. The molecule has 100 valence electrons. The summed E-state index contributed by atoms with van der Waals surface area (Å²) in [7, 11) is 2.06. The third-order valence-corrected chi connectivity index (χ3v) is 5.65. The van der Waals surface area contributed by atoms with Crippen molar-refractivity contribution in [2.45, 2.75) is 31.7 Å². The molecule has 0 saturated carbocycles. The van der Waals surface area contributed by atoms with E-state index in [9.17, 15) is 0 Å². The van der Waals surface area contributed by atoms with Crippen molar-refractivity contribution in [3.05, 3.63) is 49.9 Å². The molecule has 1 aliphatic rings. The zero-order valence-electron chi connectivity index (χ0n) is 11.2. The number of halogens is 1. The Morgan fingerprint density at radius 2 is 2.21 bits per heavy atom. The maximum atomic E-state index is 4.71. The van der Waals surface area contributed by atoms with E-state index >= 15 is 0 Å². The fourth-order valence-corrected chi connectivity index (χ4v) is 4.28. The molecule has 0 bridgehead atoms. The minimum Gasteiger partial charge on any atom is -0.308 e. The van der Waals surface area contributed by atoms with Gasteiger partial charge in [-0.1, -0.05) is 22.0 Å². The van der Waals surface area contributed by atoms with Gasteiger partial charge in [0.2, 0.25) is 0 Å². The van der Waals surface area contributed by atoms with Crippen LogP contribution in [-0.2, 0) is 18.4 Å². The largest absolute Gasteiger partial charge is 0.308 e. The van der Waals surface area contributed by atoms with E-state index in [0.29, 0.717) is 0 Å². The number of hydrogen-bond donors (Lipinski definition) is 1. The molecule has 0 radical (unpaired) electrons. The Bertz CT molecular complexity index is 608. The molecular formula is C15H17BrN2S. The second-order valence-corrected chi connectivity index (χ2v) is 6.99. The molecule has 1 aliphatic carbocycles. The minimum absolute atomic E-state index is 0.0136. The lowest BCUT2D eigenvalue weighted by atomic mass is 9.78. The van der Waals surface area contributed by atoms with Gasteiger partial charge in [0.25, 0.3) is 0 Å². The Labute approximate surface area is 126 Å². The molecular weight excluding hydrogens is 320 g/mol. The van der Waals surface area contributed by atoms with E-state index in [1.807, 2.05) is 0 Å². The number of likely N-dealkylation sites (N-methyl/N-ethyl adjacent to an activating group) is 1. The average molecular weight is 337 g/mol. The van der Waals surface area contributed by atoms with Crippen LogP contribution in [-0.4, -0.2) is 12.0 Å². The fraction of sp³-hybridized carbons (Fsp3) is 0.400. The Balaban J connectivity index is 2.00. The molecule has 0 aliphatic heterocycles. The van der Waals surface area contributed by atoms with Crippen LogP contribution in [0.4, 0.5) is 0 Å². The van der Waals surface area contributed by atoms with Crippen molar-refractivity contribution >= 4 is 27.3 Å². The molecule has 0 spiro atoms. The van der Waals surface area contributed by atoms with Crippen molar-refractivity contribution in [2.75, 3.05) is 7.05 Å². The third-order valence-electron chi connectivity index (χ3n) is 3.99. The number of aromatic nitrogens is 1. The van der Waals surface area contributed by atoms with E-state index in [0.717, 1.165) is 25.0 Å². The molecule has 4 heteroatoms. The number of nitrogens with one attached hydrogen (secondary N) is 1. The predicted molar refractivity (Wildman–Crippen MR) is 83.8 cm³/mol. The topological polar surface area (TPSA) is 24.9 Å². The van der Waals surface area contributed by atoms with Gasteiger partial charge in [0.1, 0.15) is 5.01 Å². The number of rotatable bonds is 2. The smallest absolute Gasteiger partial charge is 0.113 e. The zero-order chi connectivity index (χ0) is 13.5. The molecule has 0 fully saturated rings. The van der Waals surface area contributed by atoms with Gasteiger partial charge in [-0.25, -0.2) is 4.98 Å². The number of aryl methyl sites for hydroxylation is 2. The molecule has 1 atom stereocenters. The second kappa shape index (κ2) is 5.00. The van der Waals surface area contributed by atoms with E-state index in [1.54, 1.807) is 11.3 Å². The highest BCUT2D eigenvalue weighted by molar-refractivity contribution is 9.10. The molecule has 19 heavy (non-hydrogen) atoms. The summed E-state index contributed by atoms with van der Waals surface area (Å²) < 4.78 is 1.17. The van der Waals surface area contributed by atoms with E-state index in [2.05, 4.69) is 58.8 Å². The summed E-state index contributed by atoms with van der Waals surface area (Å²) in [5, 5.41) is 6.91. The highest BCUT2D eigenvalue weighted by atomic mass is 79.9. The van der Waals surface area contributed by atoms with E-state index < -0.39 is 0 Å². The monoisotopic (exact) mass is 336 g/mol. The number of fused-ring (bicyclic) bond motifs is 1. The third kappa shape index (κ3) is 2.37. The van der Waals surface area contributed by atoms with Crippen LogP contribution in [0.3, 0.4) is 0 Å². The first-order valence-corrected chi connectivity index (χ1v) is 8.19. The summed E-state index contributed by atoms with van der Waals surface area (Å²) in [4.78, 5) is 4.71. The highest BCUT2D eigenvalue weighted by Crippen LogP contribution is 2.38. The van der Waals surface area contributed by atoms with Crippen molar-refractivity contribution in [3.8, 4) is 0 Å². The first-order valence-electron chi connectivity index (χ1n) is 6.52. The quantitative estimate of drug-likeness (QED) is 0.901. The van der Waals surface area contributed by atoms with Gasteiger partial charge in [-0.3, -0.25) is 0 Å². The minimum atomic E-state index is 0.0136. The molecule has 0 saturated heterocycles.